The Bertz CT molecular complexity index is 2620. The highest BCUT2D eigenvalue weighted by atomic mass is 79.9. The number of hydrogen-bond donors (Lipinski definition) is 0. The van der Waals surface area contributed by atoms with Gasteiger partial charge in [-0.1, -0.05) is 125 Å². The van der Waals surface area contributed by atoms with Gasteiger partial charge < -0.3 is 8.98 Å². The SMILES string of the molecule is Brc1ccc2c(c1)c1cc(C3(c4cccc5c4oc4ccccc45)c4ccccc4-c4ccccc43)ccc1n2-c1ccccc1. The highest BCUT2D eigenvalue weighted by Gasteiger charge is 2.47. The fourth-order valence-corrected chi connectivity index (χ4v) is 8.48. The number of benzene rings is 7. The number of nitrogens with zero attached hydrogens (tertiary/aromatic N) is 1. The van der Waals surface area contributed by atoms with Crippen LogP contribution in [0, 0.1) is 0 Å². The summed E-state index contributed by atoms with van der Waals surface area (Å²) in [6.45, 7) is 0. The van der Waals surface area contributed by atoms with E-state index in [-0.39, 0.29) is 0 Å². The molecule has 0 amide bonds. The van der Waals surface area contributed by atoms with Crippen LogP contribution < -0.4 is 0 Å². The maximum absolute atomic E-state index is 6.80. The molecular formula is C43H26BrNO. The molecule has 0 unspecified atom stereocenters. The monoisotopic (exact) mass is 651 g/mol. The average Bonchev–Trinajstić information content (AvgIpc) is 3.75. The number of hydrogen-bond acceptors (Lipinski definition) is 1. The van der Waals surface area contributed by atoms with Crippen molar-refractivity contribution in [1.82, 2.24) is 4.57 Å². The molecule has 9 aromatic rings. The molecule has 0 aliphatic heterocycles. The number of furan rings is 1. The third kappa shape index (κ3) is 3.36. The molecule has 2 nitrogen and oxygen atoms in total. The van der Waals surface area contributed by atoms with Crippen LogP contribution in [0.15, 0.2) is 167 Å². The quantitative estimate of drug-likeness (QED) is 0.186. The number of para-hydroxylation sites is 3. The molecule has 0 saturated carbocycles. The van der Waals surface area contributed by atoms with E-state index in [1.807, 2.05) is 0 Å². The van der Waals surface area contributed by atoms with Gasteiger partial charge in [-0.15, -0.1) is 0 Å². The fourth-order valence-electron chi connectivity index (χ4n) is 8.12. The minimum atomic E-state index is -0.595. The molecule has 0 atom stereocenters. The zero-order chi connectivity index (χ0) is 30.4. The molecule has 0 saturated heterocycles. The lowest BCUT2D eigenvalue weighted by atomic mass is 9.67. The molecule has 1 aliphatic rings. The summed E-state index contributed by atoms with van der Waals surface area (Å²) in [4.78, 5) is 0. The van der Waals surface area contributed by atoms with Gasteiger partial charge in [0.1, 0.15) is 11.2 Å². The number of halogens is 1. The first-order valence-corrected chi connectivity index (χ1v) is 16.4. The molecule has 1 aliphatic carbocycles. The van der Waals surface area contributed by atoms with Gasteiger partial charge in [0.25, 0.3) is 0 Å². The summed E-state index contributed by atoms with van der Waals surface area (Å²) in [6, 6.07) is 57.2. The van der Waals surface area contributed by atoms with Crippen molar-refractivity contribution in [2.45, 2.75) is 5.41 Å². The lowest BCUT2D eigenvalue weighted by Crippen LogP contribution is -2.28. The average molecular weight is 653 g/mol. The van der Waals surface area contributed by atoms with Crippen LogP contribution in [0.1, 0.15) is 22.3 Å². The van der Waals surface area contributed by atoms with E-state index in [9.17, 15) is 0 Å². The Labute approximate surface area is 274 Å². The summed E-state index contributed by atoms with van der Waals surface area (Å²) in [5, 5.41) is 4.71. The predicted molar refractivity (Wildman–Crippen MR) is 193 cm³/mol. The summed E-state index contributed by atoms with van der Waals surface area (Å²) in [7, 11) is 0. The molecule has 0 fully saturated rings. The van der Waals surface area contributed by atoms with Crippen LogP contribution >= 0.6 is 15.9 Å². The molecule has 2 aromatic heterocycles. The maximum atomic E-state index is 6.80. The summed E-state index contributed by atoms with van der Waals surface area (Å²) in [6.07, 6.45) is 0. The van der Waals surface area contributed by atoms with Crippen LogP contribution in [0.2, 0.25) is 0 Å². The maximum Gasteiger partial charge on any atom is 0.140 e. The largest absolute Gasteiger partial charge is 0.456 e. The first kappa shape index (κ1) is 25.9. The lowest BCUT2D eigenvalue weighted by Gasteiger charge is -2.34. The number of aromatic nitrogens is 1. The fraction of sp³-hybridized carbons (Fsp3) is 0.0233. The minimum absolute atomic E-state index is 0.595. The Morgan fingerprint density at radius 3 is 1.87 bits per heavy atom. The van der Waals surface area contributed by atoms with E-state index >= 15 is 0 Å². The van der Waals surface area contributed by atoms with Crippen LogP contribution in [0.4, 0.5) is 0 Å². The van der Waals surface area contributed by atoms with E-state index in [2.05, 4.69) is 178 Å². The molecule has 2 heterocycles. The first-order valence-electron chi connectivity index (χ1n) is 15.6. The summed E-state index contributed by atoms with van der Waals surface area (Å²) in [5.74, 6) is 0. The van der Waals surface area contributed by atoms with Crippen molar-refractivity contribution in [2.75, 3.05) is 0 Å². The van der Waals surface area contributed by atoms with Crippen molar-refractivity contribution in [3.63, 3.8) is 0 Å². The van der Waals surface area contributed by atoms with Crippen molar-refractivity contribution < 1.29 is 4.42 Å². The van der Waals surface area contributed by atoms with Crippen molar-refractivity contribution >= 4 is 59.7 Å². The highest BCUT2D eigenvalue weighted by Crippen LogP contribution is 2.58. The van der Waals surface area contributed by atoms with Crippen molar-refractivity contribution in [1.29, 1.82) is 0 Å². The van der Waals surface area contributed by atoms with Gasteiger partial charge in [-0.05, 0) is 76.3 Å². The normalized spacial score (nSPS) is 13.5. The zero-order valence-corrected chi connectivity index (χ0v) is 26.3. The van der Waals surface area contributed by atoms with Gasteiger partial charge in [-0.2, -0.15) is 0 Å². The highest BCUT2D eigenvalue weighted by molar-refractivity contribution is 9.10. The predicted octanol–water partition coefficient (Wildman–Crippen LogP) is 11.8. The van der Waals surface area contributed by atoms with Crippen LogP contribution in [-0.2, 0) is 5.41 Å². The molecule has 0 radical (unpaired) electrons. The second-order valence-electron chi connectivity index (χ2n) is 12.2. The second kappa shape index (κ2) is 9.56. The van der Waals surface area contributed by atoms with Gasteiger partial charge in [0.05, 0.1) is 16.4 Å². The molecule has 7 aromatic carbocycles. The van der Waals surface area contributed by atoms with E-state index in [0.29, 0.717) is 0 Å². The van der Waals surface area contributed by atoms with Gasteiger partial charge >= 0.3 is 0 Å². The third-order valence-electron chi connectivity index (χ3n) is 9.94. The zero-order valence-electron chi connectivity index (χ0n) is 24.7. The van der Waals surface area contributed by atoms with Gasteiger partial charge in [0.15, 0.2) is 0 Å². The smallest absolute Gasteiger partial charge is 0.140 e. The molecule has 216 valence electrons. The topological polar surface area (TPSA) is 18.1 Å². The molecule has 0 spiro atoms. The molecule has 0 N–H and O–H groups in total. The summed E-state index contributed by atoms with van der Waals surface area (Å²) in [5.41, 5.74) is 12.2. The summed E-state index contributed by atoms with van der Waals surface area (Å²) >= 11 is 3.78. The molecule has 0 bridgehead atoms. The Hall–Kier alpha value is -5.38. The Kier molecular flexibility index (Phi) is 5.38. The van der Waals surface area contributed by atoms with E-state index in [0.717, 1.165) is 37.7 Å². The van der Waals surface area contributed by atoms with E-state index in [1.165, 1.54) is 49.6 Å². The van der Waals surface area contributed by atoms with Gasteiger partial charge in [-0.3, -0.25) is 0 Å². The van der Waals surface area contributed by atoms with Crippen molar-refractivity contribution in [2.24, 2.45) is 0 Å². The molecule has 10 rings (SSSR count). The molecular weight excluding hydrogens is 626 g/mol. The van der Waals surface area contributed by atoms with Gasteiger partial charge in [0, 0.05) is 37.3 Å². The Morgan fingerprint density at radius 2 is 1.09 bits per heavy atom. The third-order valence-corrected chi connectivity index (χ3v) is 10.4. The van der Waals surface area contributed by atoms with E-state index in [1.54, 1.807) is 0 Å². The molecule has 46 heavy (non-hydrogen) atoms. The van der Waals surface area contributed by atoms with Crippen LogP contribution in [0.25, 0.3) is 60.6 Å². The van der Waals surface area contributed by atoms with E-state index < -0.39 is 5.41 Å². The Balaban J connectivity index is 1.38. The van der Waals surface area contributed by atoms with Crippen molar-refractivity contribution in [3.05, 3.63) is 184 Å². The molecule has 3 heteroatoms. The lowest BCUT2D eigenvalue weighted by molar-refractivity contribution is 0.648. The minimum Gasteiger partial charge on any atom is -0.456 e. The van der Waals surface area contributed by atoms with Crippen LogP contribution in [0.5, 0.6) is 0 Å². The summed E-state index contributed by atoms with van der Waals surface area (Å²) < 4.78 is 10.2. The van der Waals surface area contributed by atoms with Gasteiger partial charge in [-0.25, -0.2) is 0 Å². The van der Waals surface area contributed by atoms with Gasteiger partial charge in [0.2, 0.25) is 0 Å². The van der Waals surface area contributed by atoms with Crippen LogP contribution in [-0.4, -0.2) is 4.57 Å². The Morgan fingerprint density at radius 1 is 0.478 bits per heavy atom. The van der Waals surface area contributed by atoms with E-state index in [4.69, 9.17) is 4.42 Å². The van der Waals surface area contributed by atoms with Crippen molar-refractivity contribution in [3.8, 4) is 16.8 Å². The number of fused-ring (bicyclic) bond motifs is 9. The standard InChI is InChI=1S/C43H26BrNO/c44-28-22-24-40-35(26-28)34-25-27(21-23-39(34)45(40)29-11-2-1-3-12-29)43(36-17-7-4-13-30(36)31-14-5-8-18-37(31)43)38-19-10-16-33-32-15-6-9-20-41(32)46-42(33)38/h1-26H. The van der Waals surface area contributed by atoms with Crippen LogP contribution in [0.3, 0.4) is 0 Å². The first-order chi connectivity index (χ1) is 22.7. The second-order valence-corrected chi connectivity index (χ2v) is 13.1. The number of rotatable bonds is 3.